The number of pyridine rings is 1. The number of phenols is 1. The number of nitrogens with one attached hydrogen (secondary N) is 2. The van der Waals surface area contributed by atoms with E-state index < -0.39 is 0 Å². The van der Waals surface area contributed by atoms with Gasteiger partial charge >= 0.3 is 0 Å². The van der Waals surface area contributed by atoms with Crippen molar-refractivity contribution < 1.29 is 9.90 Å². The fraction of sp³-hybridized carbons (Fsp3) is 0.167. The molecule has 25 heavy (non-hydrogen) atoms. The van der Waals surface area contributed by atoms with Crippen molar-refractivity contribution >= 4 is 28.1 Å². The summed E-state index contributed by atoms with van der Waals surface area (Å²) in [5.41, 5.74) is 3.20. The van der Waals surface area contributed by atoms with Crippen LogP contribution in [0.2, 0.25) is 0 Å². The van der Waals surface area contributed by atoms with Crippen molar-refractivity contribution in [1.82, 2.24) is 9.97 Å². The Bertz CT molecular complexity index is 893. The van der Waals surface area contributed by atoms with Gasteiger partial charge in [0.05, 0.1) is 11.9 Å². The number of phenolic OH excluding ortho intramolecular Hbond substituents is 1. The number of hydrogen-bond donors (Lipinski definition) is 3. The third kappa shape index (κ3) is 3.95. The van der Waals surface area contributed by atoms with Gasteiger partial charge in [-0.25, -0.2) is 4.98 Å². The number of carbonyl (C=O) groups excluding carboxylic acids is 1. The van der Waals surface area contributed by atoms with Gasteiger partial charge < -0.3 is 15.7 Å². The molecule has 1 amide bonds. The molecule has 0 fully saturated rings. The van der Waals surface area contributed by atoms with Crippen LogP contribution in [0, 0.1) is 13.8 Å². The van der Waals surface area contributed by atoms with Gasteiger partial charge in [0.2, 0.25) is 0 Å². The Balaban J connectivity index is 1.68. The van der Waals surface area contributed by atoms with E-state index in [0.29, 0.717) is 27.8 Å². The van der Waals surface area contributed by atoms with Crippen molar-refractivity contribution in [3.8, 4) is 5.75 Å². The lowest BCUT2D eigenvalue weighted by Gasteiger charge is -2.11. The molecular formula is C18H18N4O2S. The minimum atomic E-state index is -0.247. The number of hydrogen-bond acceptors (Lipinski definition) is 6. The Morgan fingerprint density at radius 3 is 2.84 bits per heavy atom. The molecule has 3 rings (SSSR count). The van der Waals surface area contributed by atoms with Crippen LogP contribution in [-0.4, -0.2) is 21.0 Å². The molecule has 0 saturated heterocycles. The summed E-state index contributed by atoms with van der Waals surface area (Å²) in [6, 6.07) is 7.23. The molecule has 128 valence electrons. The van der Waals surface area contributed by atoms with Crippen LogP contribution in [0.4, 0.5) is 10.8 Å². The minimum absolute atomic E-state index is 0.157. The number of aromatic nitrogens is 2. The Morgan fingerprint density at radius 1 is 1.24 bits per heavy atom. The molecule has 7 heteroatoms. The quantitative estimate of drug-likeness (QED) is 0.650. The number of amides is 1. The SMILES string of the molecule is Cc1ccc(O)c(C)c1NC(=O)c1cnc(NCc2cccnc2)s1. The monoisotopic (exact) mass is 354 g/mol. The third-order valence-electron chi connectivity index (χ3n) is 3.78. The smallest absolute Gasteiger partial charge is 0.267 e. The molecule has 1 aromatic carbocycles. The summed E-state index contributed by atoms with van der Waals surface area (Å²) in [5, 5.41) is 16.5. The zero-order valence-electron chi connectivity index (χ0n) is 13.9. The first-order chi connectivity index (χ1) is 12.0. The van der Waals surface area contributed by atoms with Gasteiger partial charge in [0.15, 0.2) is 5.13 Å². The van der Waals surface area contributed by atoms with E-state index in [1.807, 2.05) is 19.1 Å². The second kappa shape index (κ2) is 7.31. The van der Waals surface area contributed by atoms with Crippen LogP contribution in [-0.2, 0) is 6.54 Å². The first-order valence-corrected chi connectivity index (χ1v) is 8.55. The molecule has 2 heterocycles. The number of aromatic hydroxyl groups is 1. The number of nitrogens with zero attached hydrogens (tertiary/aromatic N) is 2. The largest absolute Gasteiger partial charge is 0.508 e. The molecule has 2 aromatic heterocycles. The van der Waals surface area contributed by atoms with Crippen molar-refractivity contribution in [2.75, 3.05) is 10.6 Å². The van der Waals surface area contributed by atoms with Crippen molar-refractivity contribution in [2.24, 2.45) is 0 Å². The second-order valence-corrected chi connectivity index (χ2v) is 6.63. The molecule has 0 aliphatic heterocycles. The summed E-state index contributed by atoms with van der Waals surface area (Å²) in [6.45, 7) is 4.24. The van der Waals surface area contributed by atoms with Gasteiger partial charge in [-0.2, -0.15) is 0 Å². The van der Waals surface area contributed by atoms with Crippen LogP contribution in [0.15, 0.2) is 42.9 Å². The molecule has 0 saturated carbocycles. The van der Waals surface area contributed by atoms with E-state index >= 15 is 0 Å². The molecule has 6 nitrogen and oxygen atoms in total. The number of carbonyl (C=O) groups is 1. The average Bonchev–Trinajstić information content (AvgIpc) is 3.10. The molecule has 0 aliphatic carbocycles. The maximum absolute atomic E-state index is 12.5. The molecular weight excluding hydrogens is 336 g/mol. The molecule has 3 aromatic rings. The van der Waals surface area contributed by atoms with E-state index in [4.69, 9.17) is 0 Å². The van der Waals surface area contributed by atoms with Gasteiger partial charge in [-0.1, -0.05) is 23.5 Å². The maximum Gasteiger partial charge on any atom is 0.267 e. The molecule has 0 aliphatic rings. The lowest BCUT2D eigenvalue weighted by Crippen LogP contribution is -2.12. The highest BCUT2D eigenvalue weighted by Crippen LogP contribution is 2.29. The number of rotatable bonds is 5. The average molecular weight is 354 g/mol. The Morgan fingerprint density at radius 2 is 2.08 bits per heavy atom. The van der Waals surface area contributed by atoms with Crippen molar-refractivity contribution in [3.63, 3.8) is 0 Å². The molecule has 0 radical (unpaired) electrons. The lowest BCUT2D eigenvalue weighted by molar-refractivity contribution is 0.103. The summed E-state index contributed by atoms with van der Waals surface area (Å²) >= 11 is 1.28. The predicted molar refractivity (Wildman–Crippen MR) is 99.2 cm³/mol. The standard InChI is InChI=1S/C18H18N4O2S/c1-11-5-6-14(23)12(2)16(11)22-17(24)15-10-21-18(25-15)20-9-13-4-3-7-19-8-13/h3-8,10,23H,9H2,1-2H3,(H,20,21)(H,22,24). The topological polar surface area (TPSA) is 87.1 Å². The van der Waals surface area contributed by atoms with Gasteiger partial charge in [-0.05, 0) is 37.1 Å². The van der Waals surface area contributed by atoms with E-state index in [2.05, 4.69) is 20.6 Å². The Kier molecular flexibility index (Phi) is 4.95. The summed E-state index contributed by atoms with van der Waals surface area (Å²) in [7, 11) is 0. The van der Waals surface area contributed by atoms with Crippen LogP contribution in [0.1, 0.15) is 26.4 Å². The van der Waals surface area contributed by atoms with Gasteiger partial charge in [0.25, 0.3) is 5.91 Å². The van der Waals surface area contributed by atoms with Gasteiger partial charge in [0.1, 0.15) is 10.6 Å². The molecule has 0 atom stereocenters. The van der Waals surface area contributed by atoms with E-state index in [1.165, 1.54) is 11.3 Å². The van der Waals surface area contributed by atoms with E-state index in [0.717, 1.165) is 11.1 Å². The predicted octanol–water partition coefficient (Wildman–Crippen LogP) is 3.72. The maximum atomic E-state index is 12.5. The van der Waals surface area contributed by atoms with Crippen LogP contribution in [0.5, 0.6) is 5.75 Å². The lowest BCUT2D eigenvalue weighted by atomic mass is 10.1. The third-order valence-corrected chi connectivity index (χ3v) is 4.73. The van der Waals surface area contributed by atoms with Crippen molar-refractivity contribution in [3.05, 3.63) is 64.4 Å². The van der Waals surface area contributed by atoms with E-state index in [-0.39, 0.29) is 11.7 Å². The number of anilines is 2. The Labute approximate surface area is 149 Å². The molecule has 3 N–H and O–H groups in total. The zero-order chi connectivity index (χ0) is 17.8. The van der Waals surface area contributed by atoms with Crippen LogP contribution in [0.3, 0.4) is 0 Å². The Hall–Kier alpha value is -2.93. The second-order valence-electron chi connectivity index (χ2n) is 5.60. The number of thiazole rings is 1. The summed E-state index contributed by atoms with van der Waals surface area (Å²) < 4.78 is 0. The van der Waals surface area contributed by atoms with E-state index in [9.17, 15) is 9.90 Å². The first kappa shape index (κ1) is 16.9. The van der Waals surface area contributed by atoms with Crippen molar-refractivity contribution in [2.45, 2.75) is 20.4 Å². The minimum Gasteiger partial charge on any atom is -0.508 e. The van der Waals surface area contributed by atoms with Crippen LogP contribution < -0.4 is 10.6 Å². The summed E-state index contributed by atoms with van der Waals surface area (Å²) in [4.78, 5) is 21.2. The normalized spacial score (nSPS) is 10.5. The van der Waals surface area contributed by atoms with Gasteiger partial charge in [0, 0.05) is 24.5 Å². The van der Waals surface area contributed by atoms with Crippen molar-refractivity contribution in [1.29, 1.82) is 0 Å². The summed E-state index contributed by atoms with van der Waals surface area (Å²) in [5.74, 6) is -0.0900. The number of aryl methyl sites for hydroxylation is 1. The molecule has 0 unspecified atom stereocenters. The van der Waals surface area contributed by atoms with E-state index in [1.54, 1.807) is 37.6 Å². The molecule has 0 spiro atoms. The highest BCUT2D eigenvalue weighted by Gasteiger charge is 2.14. The highest BCUT2D eigenvalue weighted by molar-refractivity contribution is 7.17. The first-order valence-electron chi connectivity index (χ1n) is 7.73. The molecule has 0 bridgehead atoms. The highest BCUT2D eigenvalue weighted by atomic mass is 32.1. The fourth-order valence-electron chi connectivity index (χ4n) is 2.34. The summed E-state index contributed by atoms with van der Waals surface area (Å²) in [6.07, 6.45) is 5.04. The fourth-order valence-corrected chi connectivity index (χ4v) is 3.05. The van der Waals surface area contributed by atoms with Crippen LogP contribution in [0.25, 0.3) is 0 Å². The van der Waals surface area contributed by atoms with Gasteiger partial charge in [-0.3, -0.25) is 9.78 Å². The zero-order valence-corrected chi connectivity index (χ0v) is 14.7. The van der Waals surface area contributed by atoms with Gasteiger partial charge in [-0.15, -0.1) is 0 Å². The number of benzene rings is 1. The van der Waals surface area contributed by atoms with Crippen LogP contribution >= 0.6 is 11.3 Å².